The van der Waals surface area contributed by atoms with E-state index in [0.717, 1.165) is 39.1 Å². The first-order chi connectivity index (χ1) is 27.5. The van der Waals surface area contributed by atoms with Crippen molar-refractivity contribution in [1.82, 2.24) is 0 Å². The first-order valence-corrected chi connectivity index (χ1v) is 18.8. The highest BCUT2D eigenvalue weighted by Gasteiger charge is 2.42. The van der Waals surface area contributed by atoms with Crippen LogP contribution < -0.4 is 9.47 Å². The molecule has 8 heteroatoms. The molecule has 0 aliphatic heterocycles. The lowest BCUT2D eigenvalue weighted by atomic mass is 9.80. The largest absolute Gasteiger partial charge is 0.497 e. The van der Waals surface area contributed by atoms with Crippen LogP contribution in [0, 0.1) is 0 Å². The number of aliphatic hydroxyl groups is 2. The molecular formula is C48H50O8. The maximum atomic E-state index is 12.4. The predicted octanol–water partition coefficient (Wildman–Crippen LogP) is 8.12. The Morgan fingerprint density at radius 1 is 0.464 bits per heavy atom. The zero-order valence-corrected chi connectivity index (χ0v) is 31.9. The van der Waals surface area contributed by atoms with Crippen LogP contribution in [0.4, 0.5) is 0 Å². The average molecular weight is 755 g/mol. The van der Waals surface area contributed by atoms with E-state index in [2.05, 4.69) is 0 Å². The van der Waals surface area contributed by atoms with Gasteiger partial charge >= 0.3 is 0 Å². The van der Waals surface area contributed by atoms with Crippen LogP contribution in [-0.4, -0.2) is 62.1 Å². The van der Waals surface area contributed by atoms with Gasteiger partial charge < -0.3 is 38.6 Å². The molecule has 0 bridgehead atoms. The summed E-state index contributed by atoms with van der Waals surface area (Å²) >= 11 is 0. The average Bonchev–Trinajstić information content (AvgIpc) is 3.27. The van der Waals surface area contributed by atoms with Crippen molar-refractivity contribution in [1.29, 1.82) is 0 Å². The molecule has 6 aromatic rings. The van der Waals surface area contributed by atoms with Gasteiger partial charge in [-0.1, -0.05) is 146 Å². The highest BCUT2D eigenvalue weighted by molar-refractivity contribution is 5.47. The third-order valence-electron chi connectivity index (χ3n) is 9.77. The topological polar surface area (TPSA) is 95.8 Å². The number of ether oxygens (including phenoxy) is 6. The van der Waals surface area contributed by atoms with Gasteiger partial charge in [0.05, 0.1) is 47.3 Å². The molecule has 290 valence electrons. The lowest BCUT2D eigenvalue weighted by molar-refractivity contribution is -0.197. The first-order valence-electron chi connectivity index (χ1n) is 18.8. The molecule has 0 aliphatic rings. The monoisotopic (exact) mass is 754 g/mol. The van der Waals surface area contributed by atoms with Crippen LogP contribution in [0.15, 0.2) is 170 Å². The van der Waals surface area contributed by atoms with E-state index in [0.29, 0.717) is 5.75 Å². The summed E-state index contributed by atoms with van der Waals surface area (Å²) in [5, 5.41) is 23.4. The molecule has 0 saturated heterocycles. The molecule has 56 heavy (non-hydrogen) atoms. The van der Waals surface area contributed by atoms with Crippen LogP contribution >= 0.6 is 0 Å². The molecule has 2 N–H and O–H groups in total. The van der Waals surface area contributed by atoms with Gasteiger partial charge in [0, 0.05) is 0 Å². The maximum Gasteiger partial charge on any atom is 0.143 e. The number of hydrogen-bond donors (Lipinski definition) is 2. The lowest BCUT2D eigenvalue weighted by Crippen LogP contribution is -2.52. The van der Waals surface area contributed by atoms with Gasteiger partial charge in [-0.25, -0.2) is 0 Å². The summed E-state index contributed by atoms with van der Waals surface area (Å²) in [6.07, 6.45) is -4.09. The molecule has 0 unspecified atom stereocenters. The predicted molar refractivity (Wildman–Crippen MR) is 216 cm³/mol. The van der Waals surface area contributed by atoms with Gasteiger partial charge in [-0.15, -0.1) is 0 Å². The summed E-state index contributed by atoms with van der Waals surface area (Å²) in [6.45, 7) is -0.0562. The van der Waals surface area contributed by atoms with Gasteiger partial charge in [-0.3, -0.25) is 0 Å². The van der Waals surface area contributed by atoms with E-state index in [1.807, 2.05) is 170 Å². The molecular weight excluding hydrogens is 705 g/mol. The van der Waals surface area contributed by atoms with E-state index >= 15 is 0 Å². The Kier molecular flexibility index (Phi) is 14.8. The van der Waals surface area contributed by atoms with Crippen molar-refractivity contribution in [2.45, 2.75) is 49.8 Å². The van der Waals surface area contributed by atoms with E-state index in [1.165, 1.54) is 0 Å². The molecule has 0 radical (unpaired) electrons. The minimum Gasteiger partial charge on any atom is -0.497 e. The number of benzene rings is 6. The molecule has 0 aromatic heterocycles. The summed E-state index contributed by atoms with van der Waals surface area (Å²) < 4.78 is 37.5. The van der Waals surface area contributed by atoms with Gasteiger partial charge in [0.1, 0.15) is 41.5 Å². The molecule has 0 fully saturated rings. The zero-order chi connectivity index (χ0) is 39.0. The molecule has 0 aliphatic carbocycles. The van der Waals surface area contributed by atoms with Crippen LogP contribution in [0.1, 0.15) is 33.4 Å². The van der Waals surface area contributed by atoms with E-state index in [-0.39, 0.29) is 26.4 Å². The second-order valence-electron chi connectivity index (χ2n) is 13.4. The van der Waals surface area contributed by atoms with Crippen molar-refractivity contribution in [2.24, 2.45) is 0 Å². The third kappa shape index (κ3) is 10.3. The van der Waals surface area contributed by atoms with Crippen LogP contribution in [0.25, 0.3) is 0 Å². The molecule has 0 amide bonds. The third-order valence-corrected chi connectivity index (χ3v) is 9.77. The fourth-order valence-corrected chi connectivity index (χ4v) is 6.77. The van der Waals surface area contributed by atoms with Crippen LogP contribution in [0.5, 0.6) is 11.5 Å². The second kappa shape index (κ2) is 20.6. The number of aliphatic hydroxyl groups excluding tert-OH is 2. The van der Waals surface area contributed by atoms with Gasteiger partial charge in [-0.05, 0) is 57.6 Å². The SMILES string of the molecule is COc1ccc(CO[C@@H]([C@H](OCc2ccccc2)[C@H](CO)OCc2ccc(OC)cc2)[C@H](O)COC(c2ccccc2)(c2ccccc2)c2ccccc2)cc1. The maximum absolute atomic E-state index is 12.4. The van der Waals surface area contributed by atoms with Gasteiger partial charge in [0.2, 0.25) is 0 Å². The van der Waals surface area contributed by atoms with Crippen LogP contribution in [0.2, 0.25) is 0 Å². The molecule has 6 aromatic carbocycles. The van der Waals surface area contributed by atoms with Gasteiger partial charge in [0.15, 0.2) is 0 Å². The summed E-state index contributed by atoms with van der Waals surface area (Å²) in [7, 11) is 3.24. The van der Waals surface area contributed by atoms with Crippen molar-refractivity contribution in [3.63, 3.8) is 0 Å². The van der Waals surface area contributed by atoms with Gasteiger partial charge in [-0.2, -0.15) is 0 Å². The fourth-order valence-electron chi connectivity index (χ4n) is 6.77. The Labute approximate surface area is 329 Å². The Balaban J connectivity index is 1.36. The van der Waals surface area contributed by atoms with E-state index in [4.69, 9.17) is 28.4 Å². The normalized spacial score (nSPS) is 13.7. The van der Waals surface area contributed by atoms with Crippen LogP contribution in [0.3, 0.4) is 0 Å². The molecule has 6 rings (SSSR count). The first kappa shape index (κ1) is 40.3. The van der Waals surface area contributed by atoms with E-state index in [9.17, 15) is 10.2 Å². The minimum atomic E-state index is -1.25. The van der Waals surface area contributed by atoms with Crippen molar-refractivity contribution in [3.05, 3.63) is 203 Å². The van der Waals surface area contributed by atoms with Crippen molar-refractivity contribution >= 4 is 0 Å². The van der Waals surface area contributed by atoms with E-state index in [1.54, 1.807) is 14.2 Å². The smallest absolute Gasteiger partial charge is 0.143 e. The molecule has 8 nitrogen and oxygen atoms in total. The quantitative estimate of drug-likeness (QED) is 0.0712. The summed E-state index contributed by atoms with van der Waals surface area (Å²) in [6, 6.07) is 54.8. The summed E-state index contributed by atoms with van der Waals surface area (Å²) in [4.78, 5) is 0. The van der Waals surface area contributed by atoms with Crippen molar-refractivity contribution < 1.29 is 38.6 Å². The van der Waals surface area contributed by atoms with Crippen molar-refractivity contribution in [2.75, 3.05) is 27.4 Å². The van der Waals surface area contributed by atoms with E-state index < -0.39 is 36.6 Å². The lowest BCUT2D eigenvalue weighted by Gasteiger charge is -2.39. The highest BCUT2D eigenvalue weighted by atomic mass is 16.6. The zero-order valence-electron chi connectivity index (χ0n) is 31.9. The summed E-state index contributed by atoms with van der Waals surface area (Å²) in [5.41, 5.74) is 4.25. The Hall–Kier alpha value is -5.32. The van der Waals surface area contributed by atoms with Crippen molar-refractivity contribution in [3.8, 4) is 11.5 Å². The molecule has 0 saturated carbocycles. The number of methoxy groups -OCH3 is 2. The fraction of sp³-hybridized carbons (Fsp3) is 0.250. The number of hydrogen-bond acceptors (Lipinski definition) is 8. The summed E-state index contributed by atoms with van der Waals surface area (Å²) in [5.74, 6) is 1.44. The highest BCUT2D eigenvalue weighted by Crippen LogP contribution is 2.41. The molecule has 0 spiro atoms. The second-order valence-corrected chi connectivity index (χ2v) is 13.4. The Morgan fingerprint density at radius 2 is 0.839 bits per heavy atom. The minimum absolute atomic E-state index is 0.134. The standard InChI is InChI=1S/C48H50O8/c1-51-42-27-23-37(24-28-42)32-53-45(31-49)47(55-33-36-15-7-3-8-16-36)46(54-34-38-25-29-43(52-2)30-26-38)44(50)35-56-48(39-17-9-4-10-18-39,40-19-11-5-12-20-40)41-21-13-6-14-22-41/h3-30,44-47,49-50H,31-35H2,1-2H3/t44-,45+,46-,47-/m1/s1. The van der Waals surface area contributed by atoms with Crippen LogP contribution in [-0.2, 0) is 44.4 Å². The van der Waals surface area contributed by atoms with Gasteiger partial charge in [0.25, 0.3) is 0 Å². The molecule has 0 heterocycles. The molecule has 4 atom stereocenters. The number of rotatable bonds is 21. The Morgan fingerprint density at radius 3 is 1.25 bits per heavy atom. The Bertz CT molecular complexity index is 1880.